The third-order valence-electron chi connectivity index (χ3n) is 2.43. The Morgan fingerprint density at radius 2 is 2.06 bits per heavy atom. The Balaban J connectivity index is 2.61. The number of rotatable bonds is 5. The summed E-state index contributed by atoms with van der Waals surface area (Å²) in [6.45, 7) is 1.91. The lowest BCUT2D eigenvalue weighted by Gasteiger charge is -2.12. The number of carbonyl (C=O) groups is 2. The number of nitrogens with one attached hydrogen (secondary N) is 1. The van der Waals surface area contributed by atoms with Crippen molar-refractivity contribution in [1.82, 2.24) is 5.32 Å². The van der Waals surface area contributed by atoms with Crippen LogP contribution in [0.4, 0.5) is 0 Å². The van der Waals surface area contributed by atoms with E-state index in [1.165, 1.54) is 0 Å². The van der Waals surface area contributed by atoms with E-state index in [-0.39, 0.29) is 18.1 Å². The minimum atomic E-state index is -1.07. The Kier molecular flexibility index (Phi) is 5.03. The molecule has 1 amide bonds. The maximum atomic E-state index is 11.6. The third-order valence-corrected chi connectivity index (χ3v) is 2.79. The molecule has 17 heavy (non-hydrogen) atoms. The maximum Gasteiger partial charge on any atom is 0.327 e. The SMILES string of the molecule is Cc1ccccc1CC(=O)NC(CS)C(=O)O. The van der Waals surface area contributed by atoms with E-state index < -0.39 is 12.0 Å². The number of hydrogen-bond acceptors (Lipinski definition) is 3. The molecule has 2 N–H and O–H groups in total. The Morgan fingerprint density at radius 1 is 1.41 bits per heavy atom. The molecule has 0 heterocycles. The first-order valence-electron chi connectivity index (χ1n) is 5.22. The Morgan fingerprint density at radius 3 is 2.59 bits per heavy atom. The molecule has 0 bridgehead atoms. The van der Waals surface area contributed by atoms with Gasteiger partial charge in [0.2, 0.25) is 5.91 Å². The predicted octanol–water partition coefficient (Wildman–Crippen LogP) is 1.04. The van der Waals surface area contributed by atoms with E-state index in [1.807, 2.05) is 31.2 Å². The van der Waals surface area contributed by atoms with Gasteiger partial charge in [-0.1, -0.05) is 24.3 Å². The van der Waals surface area contributed by atoms with Crippen molar-refractivity contribution in [2.75, 3.05) is 5.75 Å². The number of hydrogen-bond donors (Lipinski definition) is 3. The van der Waals surface area contributed by atoms with Crippen molar-refractivity contribution < 1.29 is 14.7 Å². The number of amides is 1. The molecule has 1 aromatic rings. The lowest BCUT2D eigenvalue weighted by atomic mass is 10.1. The molecule has 1 aromatic carbocycles. The Bertz CT molecular complexity index is 420. The molecular weight excluding hydrogens is 238 g/mol. The first-order valence-corrected chi connectivity index (χ1v) is 5.85. The number of benzene rings is 1. The molecule has 0 aliphatic heterocycles. The van der Waals surface area contributed by atoms with E-state index >= 15 is 0 Å². The standard InChI is InChI=1S/C12H15NO3S/c1-8-4-2-3-5-9(8)6-11(14)13-10(7-17)12(15)16/h2-5,10,17H,6-7H2,1H3,(H,13,14)(H,15,16). The normalized spacial score (nSPS) is 11.9. The van der Waals surface area contributed by atoms with Crippen LogP contribution in [0.3, 0.4) is 0 Å². The van der Waals surface area contributed by atoms with Crippen molar-refractivity contribution in [3.05, 3.63) is 35.4 Å². The number of aryl methyl sites for hydroxylation is 1. The van der Waals surface area contributed by atoms with Crippen LogP contribution in [-0.2, 0) is 16.0 Å². The second-order valence-electron chi connectivity index (χ2n) is 3.74. The summed E-state index contributed by atoms with van der Waals surface area (Å²) in [5.74, 6) is -1.30. The smallest absolute Gasteiger partial charge is 0.327 e. The second-order valence-corrected chi connectivity index (χ2v) is 4.11. The predicted molar refractivity (Wildman–Crippen MR) is 68.3 cm³/mol. The van der Waals surface area contributed by atoms with Gasteiger partial charge in [-0.25, -0.2) is 4.79 Å². The molecule has 5 heteroatoms. The first kappa shape index (κ1) is 13.6. The lowest BCUT2D eigenvalue weighted by Crippen LogP contribution is -2.42. The monoisotopic (exact) mass is 253 g/mol. The van der Waals surface area contributed by atoms with Crippen molar-refractivity contribution in [3.63, 3.8) is 0 Å². The van der Waals surface area contributed by atoms with Gasteiger partial charge in [0.1, 0.15) is 6.04 Å². The highest BCUT2D eigenvalue weighted by molar-refractivity contribution is 7.80. The van der Waals surface area contributed by atoms with Crippen LogP contribution in [0.15, 0.2) is 24.3 Å². The topological polar surface area (TPSA) is 66.4 Å². The maximum absolute atomic E-state index is 11.6. The zero-order valence-electron chi connectivity index (χ0n) is 9.51. The van der Waals surface area contributed by atoms with Crippen molar-refractivity contribution in [2.45, 2.75) is 19.4 Å². The summed E-state index contributed by atoms with van der Waals surface area (Å²) in [6.07, 6.45) is 0.185. The number of carboxylic acids is 1. The van der Waals surface area contributed by atoms with Gasteiger partial charge in [-0.2, -0.15) is 12.6 Å². The van der Waals surface area contributed by atoms with Crippen molar-refractivity contribution in [1.29, 1.82) is 0 Å². The fraction of sp³-hybridized carbons (Fsp3) is 0.333. The van der Waals surface area contributed by atoms with Gasteiger partial charge in [-0.3, -0.25) is 4.79 Å². The molecule has 92 valence electrons. The molecule has 0 saturated heterocycles. The molecule has 0 aliphatic rings. The molecule has 1 unspecified atom stereocenters. The molecule has 0 aromatic heterocycles. The van der Waals surface area contributed by atoms with Crippen LogP contribution in [0.1, 0.15) is 11.1 Å². The summed E-state index contributed by atoms with van der Waals surface area (Å²) in [6, 6.07) is 6.57. The average molecular weight is 253 g/mol. The minimum Gasteiger partial charge on any atom is -0.480 e. The lowest BCUT2D eigenvalue weighted by molar-refractivity contribution is -0.141. The molecule has 0 radical (unpaired) electrons. The average Bonchev–Trinajstić information content (AvgIpc) is 2.28. The highest BCUT2D eigenvalue weighted by Gasteiger charge is 2.18. The molecule has 1 rings (SSSR count). The van der Waals surface area contributed by atoms with Crippen LogP contribution in [0.5, 0.6) is 0 Å². The van der Waals surface area contributed by atoms with Gasteiger partial charge in [-0.15, -0.1) is 0 Å². The van der Waals surface area contributed by atoms with Crippen LogP contribution in [0.25, 0.3) is 0 Å². The minimum absolute atomic E-state index is 0.0782. The Labute approximate surface area is 105 Å². The molecule has 0 saturated carbocycles. The molecule has 0 spiro atoms. The summed E-state index contributed by atoms with van der Waals surface area (Å²) in [4.78, 5) is 22.4. The largest absolute Gasteiger partial charge is 0.480 e. The van der Waals surface area contributed by atoms with Crippen LogP contribution < -0.4 is 5.32 Å². The van der Waals surface area contributed by atoms with Gasteiger partial charge in [-0.05, 0) is 18.1 Å². The Hall–Kier alpha value is -1.49. The molecule has 0 aliphatic carbocycles. The van der Waals surface area contributed by atoms with E-state index in [9.17, 15) is 9.59 Å². The summed E-state index contributed by atoms with van der Waals surface area (Å²) < 4.78 is 0. The molecule has 0 fully saturated rings. The number of aliphatic carboxylic acids is 1. The highest BCUT2D eigenvalue weighted by Crippen LogP contribution is 2.07. The zero-order valence-corrected chi connectivity index (χ0v) is 10.4. The van der Waals surface area contributed by atoms with Gasteiger partial charge >= 0.3 is 5.97 Å². The summed E-state index contributed by atoms with van der Waals surface area (Å²) >= 11 is 3.88. The van der Waals surface area contributed by atoms with E-state index in [1.54, 1.807) is 0 Å². The van der Waals surface area contributed by atoms with Crippen LogP contribution in [0.2, 0.25) is 0 Å². The van der Waals surface area contributed by atoms with Gasteiger partial charge in [0, 0.05) is 5.75 Å². The zero-order chi connectivity index (χ0) is 12.8. The van der Waals surface area contributed by atoms with Crippen LogP contribution in [-0.4, -0.2) is 28.8 Å². The fourth-order valence-electron chi connectivity index (χ4n) is 1.41. The third kappa shape index (κ3) is 4.11. The van der Waals surface area contributed by atoms with E-state index in [4.69, 9.17) is 5.11 Å². The molecule has 1 atom stereocenters. The van der Waals surface area contributed by atoms with Gasteiger partial charge in [0.05, 0.1) is 6.42 Å². The van der Waals surface area contributed by atoms with Gasteiger partial charge < -0.3 is 10.4 Å². The van der Waals surface area contributed by atoms with E-state index in [0.29, 0.717) is 0 Å². The fourth-order valence-corrected chi connectivity index (χ4v) is 1.66. The van der Waals surface area contributed by atoms with Crippen molar-refractivity contribution >= 4 is 24.5 Å². The molecular formula is C12H15NO3S. The summed E-state index contributed by atoms with van der Waals surface area (Å²) in [5, 5.41) is 11.2. The van der Waals surface area contributed by atoms with E-state index in [2.05, 4.69) is 17.9 Å². The van der Waals surface area contributed by atoms with Crippen molar-refractivity contribution in [3.8, 4) is 0 Å². The highest BCUT2D eigenvalue weighted by atomic mass is 32.1. The quantitative estimate of drug-likeness (QED) is 0.687. The van der Waals surface area contributed by atoms with Crippen molar-refractivity contribution in [2.24, 2.45) is 0 Å². The summed E-state index contributed by atoms with van der Waals surface area (Å²) in [7, 11) is 0. The number of carboxylic acid groups (broad SMARTS) is 1. The van der Waals surface area contributed by atoms with Crippen LogP contribution >= 0.6 is 12.6 Å². The van der Waals surface area contributed by atoms with E-state index in [0.717, 1.165) is 11.1 Å². The summed E-state index contributed by atoms with van der Waals surface area (Å²) in [5.41, 5.74) is 1.91. The van der Waals surface area contributed by atoms with Gasteiger partial charge in [0.15, 0.2) is 0 Å². The number of thiol groups is 1. The number of carbonyl (C=O) groups excluding carboxylic acids is 1. The molecule has 4 nitrogen and oxygen atoms in total. The van der Waals surface area contributed by atoms with Gasteiger partial charge in [0.25, 0.3) is 0 Å². The van der Waals surface area contributed by atoms with Crippen LogP contribution in [0, 0.1) is 6.92 Å². The second kappa shape index (κ2) is 6.30. The first-order chi connectivity index (χ1) is 8.04.